The third-order valence-electron chi connectivity index (χ3n) is 2.58. The van der Waals surface area contributed by atoms with Gasteiger partial charge in [-0.2, -0.15) is 0 Å². The molecule has 96 valence electrons. The number of aromatic nitrogens is 2. The third-order valence-corrected chi connectivity index (χ3v) is 3.31. The van der Waals surface area contributed by atoms with Gasteiger partial charge in [0.25, 0.3) is 0 Å². The third kappa shape index (κ3) is 2.27. The molecule has 6 nitrogen and oxygen atoms in total. The molecule has 0 radical (unpaired) electrons. The van der Waals surface area contributed by atoms with Crippen LogP contribution in [-0.4, -0.2) is 48.4 Å². The number of carboxylic acid groups (broad SMARTS) is 1. The number of hydrogen-bond acceptors (Lipinski definition) is 6. The molecule has 0 spiro atoms. The van der Waals surface area contributed by atoms with Crippen molar-refractivity contribution in [3.05, 3.63) is 17.3 Å². The Hall–Kier alpha value is -1.73. The van der Waals surface area contributed by atoms with E-state index in [1.54, 1.807) is 12.6 Å². The first-order chi connectivity index (χ1) is 8.65. The molecule has 2 aromatic rings. The second-order valence-electron chi connectivity index (χ2n) is 3.75. The van der Waals surface area contributed by atoms with Crippen molar-refractivity contribution >= 4 is 33.3 Å². The monoisotopic (exact) mass is 267 g/mol. The van der Waals surface area contributed by atoms with Gasteiger partial charge in [0.2, 0.25) is 0 Å². The fourth-order valence-electron chi connectivity index (χ4n) is 1.69. The lowest BCUT2D eigenvalue weighted by Gasteiger charge is -2.20. The number of methoxy groups -OCH3 is 1. The van der Waals surface area contributed by atoms with E-state index in [1.165, 1.54) is 17.5 Å². The molecule has 0 fully saturated rings. The summed E-state index contributed by atoms with van der Waals surface area (Å²) in [6, 6.07) is 0. The van der Waals surface area contributed by atoms with Gasteiger partial charge in [-0.3, -0.25) is 0 Å². The van der Waals surface area contributed by atoms with Crippen LogP contribution in [-0.2, 0) is 4.74 Å². The number of aromatic carboxylic acids is 1. The van der Waals surface area contributed by atoms with Crippen LogP contribution in [0, 0.1) is 0 Å². The molecule has 0 aliphatic heterocycles. The molecule has 0 amide bonds. The van der Waals surface area contributed by atoms with E-state index in [2.05, 4.69) is 9.97 Å². The zero-order valence-electron chi connectivity index (χ0n) is 10.1. The van der Waals surface area contributed by atoms with Crippen LogP contribution in [0.1, 0.15) is 10.4 Å². The fraction of sp³-hybridized carbons (Fsp3) is 0.364. The first-order valence-corrected chi connectivity index (χ1v) is 6.18. The zero-order valence-corrected chi connectivity index (χ0v) is 10.9. The molecule has 1 N–H and O–H groups in total. The van der Waals surface area contributed by atoms with Crippen LogP contribution in [0.5, 0.6) is 0 Å². The highest BCUT2D eigenvalue weighted by Crippen LogP contribution is 2.29. The van der Waals surface area contributed by atoms with Gasteiger partial charge in [-0.15, -0.1) is 11.3 Å². The van der Waals surface area contributed by atoms with Crippen LogP contribution in [0.4, 0.5) is 5.69 Å². The fourth-order valence-corrected chi connectivity index (χ4v) is 2.32. The van der Waals surface area contributed by atoms with E-state index in [0.29, 0.717) is 24.4 Å². The molecule has 0 saturated carbocycles. The number of fused-ring (bicyclic) bond motifs is 1. The predicted molar refractivity (Wildman–Crippen MR) is 69.5 cm³/mol. The molecule has 0 aliphatic carbocycles. The lowest BCUT2D eigenvalue weighted by atomic mass is 10.2. The molecule has 0 aliphatic rings. The van der Waals surface area contributed by atoms with Crippen LogP contribution in [0.15, 0.2) is 11.7 Å². The molecule has 2 heterocycles. The van der Waals surface area contributed by atoms with E-state index in [-0.39, 0.29) is 5.56 Å². The molecule has 0 bridgehead atoms. The summed E-state index contributed by atoms with van der Waals surface area (Å²) in [5.74, 6) is -1.00. The number of likely N-dealkylation sites (N-methyl/N-ethyl adjacent to an activating group) is 1. The predicted octanol–water partition coefficient (Wildman–Crippen LogP) is 1.47. The Bertz CT molecular complexity index is 570. The van der Waals surface area contributed by atoms with Crippen LogP contribution < -0.4 is 4.90 Å². The summed E-state index contributed by atoms with van der Waals surface area (Å²) in [4.78, 5) is 22.1. The number of thiazole rings is 1. The van der Waals surface area contributed by atoms with Crippen molar-refractivity contribution in [3.63, 3.8) is 0 Å². The van der Waals surface area contributed by atoms with E-state index in [0.717, 1.165) is 4.83 Å². The highest BCUT2D eigenvalue weighted by atomic mass is 32.1. The van der Waals surface area contributed by atoms with Gasteiger partial charge in [-0.05, 0) is 0 Å². The number of ether oxygens (including phenoxy) is 1. The summed E-state index contributed by atoms with van der Waals surface area (Å²) in [5, 5.41) is 9.21. The average molecular weight is 267 g/mol. The SMILES string of the molecule is COCCN(C)c1c(C(=O)O)cnc2scnc12. The van der Waals surface area contributed by atoms with Crippen molar-refractivity contribution in [1.82, 2.24) is 9.97 Å². The Morgan fingerprint density at radius 1 is 1.56 bits per heavy atom. The minimum Gasteiger partial charge on any atom is -0.478 e. The van der Waals surface area contributed by atoms with Gasteiger partial charge in [-0.25, -0.2) is 14.8 Å². The summed E-state index contributed by atoms with van der Waals surface area (Å²) in [6.07, 6.45) is 1.38. The Morgan fingerprint density at radius 2 is 2.33 bits per heavy atom. The maximum absolute atomic E-state index is 11.2. The standard InChI is InChI=1S/C11H13N3O3S/c1-14(3-4-17-2)9-7(11(15)16)5-12-10-8(9)13-6-18-10/h5-6H,3-4H2,1-2H3,(H,15,16). The number of nitrogens with zero attached hydrogens (tertiary/aromatic N) is 3. The molecular formula is C11H13N3O3S. The van der Waals surface area contributed by atoms with Crippen molar-refractivity contribution < 1.29 is 14.6 Å². The molecule has 0 aromatic carbocycles. The van der Waals surface area contributed by atoms with Crippen LogP contribution in [0.25, 0.3) is 10.3 Å². The average Bonchev–Trinajstić information content (AvgIpc) is 2.82. The van der Waals surface area contributed by atoms with E-state index >= 15 is 0 Å². The Kier molecular flexibility index (Phi) is 3.73. The minimum atomic E-state index is -1.00. The zero-order chi connectivity index (χ0) is 13.1. The number of carbonyl (C=O) groups is 1. The van der Waals surface area contributed by atoms with E-state index in [4.69, 9.17) is 4.74 Å². The number of anilines is 1. The van der Waals surface area contributed by atoms with Crippen molar-refractivity contribution in [3.8, 4) is 0 Å². The summed E-state index contributed by atoms with van der Waals surface area (Å²) in [5.41, 5.74) is 3.04. The summed E-state index contributed by atoms with van der Waals surface area (Å²) in [6.45, 7) is 1.11. The largest absolute Gasteiger partial charge is 0.478 e. The number of pyridine rings is 1. The molecule has 0 unspecified atom stereocenters. The smallest absolute Gasteiger partial charge is 0.339 e. The highest BCUT2D eigenvalue weighted by Gasteiger charge is 2.19. The van der Waals surface area contributed by atoms with E-state index < -0.39 is 5.97 Å². The Balaban J connectivity index is 2.52. The minimum absolute atomic E-state index is 0.159. The quantitative estimate of drug-likeness (QED) is 0.884. The Morgan fingerprint density at radius 3 is 3.00 bits per heavy atom. The maximum atomic E-state index is 11.2. The van der Waals surface area contributed by atoms with Crippen molar-refractivity contribution in [2.75, 3.05) is 32.2 Å². The van der Waals surface area contributed by atoms with Crippen molar-refractivity contribution in [1.29, 1.82) is 0 Å². The number of rotatable bonds is 5. The Labute approximate surface area is 108 Å². The molecule has 2 aromatic heterocycles. The van der Waals surface area contributed by atoms with Gasteiger partial charge in [0.15, 0.2) is 0 Å². The number of carboxylic acids is 1. The van der Waals surface area contributed by atoms with Gasteiger partial charge in [0, 0.05) is 26.9 Å². The molecule has 7 heteroatoms. The van der Waals surface area contributed by atoms with Gasteiger partial charge in [0.1, 0.15) is 15.9 Å². The first kappa shape index (κ1) is 12.7. The summed E-state index contributed by atoms with van der Waals surface area (Å²) in [7, 11) is 3.43. The van der Waals surface area contributed by atoms with E-state index in [1.807, 2.05) is 11.9 Å². The molecule has 2 rings (SSSR count). The van der Waals surface area contributed by atoms with Crippen molar-refractivity contribution in [2.24, 2.45) is 0 Å². The first-order valence-electron chi connectivity index (χ1n) is 5.30. The molecule has 18 heavy (non-hydrogen) atoms. The van der Waals surface area contributed by atoms with Crippen LogP contribution in [0.2, 0.25) is 0 Å². The molecular weight excluding hydrogens is 254 g/mol. The van der Waals surface area contributed by atoms with Gasteiger partial charge < -0.3 is 14.7 Å². The van der Waals surface area contributed by atoms with E-state index in [9.17, 15) is 9.90 Å². The topological polar surface area (TPSA) is 75.5 Å². The van der Waals surface area contributed by atoms with Crippen LogP contribution >= 0.6 is 11.3 Å². The normalized spacial score (nSPS) is 10.8. The lowest BCUT2D eigenvalue weighted by molar-refractivity contribution is 0.0697. The summed E-state index contributed by atoms with van der Waals surface area (Å²) >= 11 is 1.39. The molecule has 0 saturated heterocycles. The van der Waals surface area contributed by atoms with Gasteiger partial charge in [-0.1, -0.05) is 0 Å². The summed E-state index contributed by atoms with van der Waals surface area (Å²) < 4.78 is 5.01. The van der Waals surface area contributed by atoms with Gasteiger partial charge >= 0.3 is 5.97 Å². The van der Waals surface area contributed by atoms with Gasteiger partial charge in [0.05, 0.1) is 17.8 Å². The van der Waals surface area contributed by atoms with Crippen LogP contribution in [0.3, 0.4) is 0 Å². The van der Waals surface area contributed by atoms with Crippen molar-refractivity contribution in [2.45, 2.75) is 0 Å². The second kappa shape index (κ2) is 5.28. The number of hydrogen-bond donors (Lipinski definition) is 1. The maximum Gasteiger partial charge on any atom is 0.339 e. The lowest BCUT2D eigenvalue weighted by Crippen LogP contribution is -2.24. The molecule has 0 atom stereocenters. The highest BCUT2D eigenvalue weighted by molar-refractivity contribution is 7.16. The second-order valence-corrected chi connectivity index (χ2v) is 4.58.